The van der Waals surface area contributed by atoms with E-state index in [9.17, 15) is 5.11 Å². The molecule has 1 aliphatic carbocycles. The van der Waals surface area contributed by atoms with Gasteiger partial charge in [0.2, 0.25) is 5.95 Å². The van der Waals surface area contributed by atoms with Gasteiger partial charge in [0.15, 0.2) is 0 Å². The van der Waals surface area contributed by atoms with Crippen LogP contribution in [0, 0.1) is 5.92 Å². The van der Waals surface area contributed by atoms with E-state index in [0.29, 0.717) is 12.0 Å². The molecule has 3 heterocycles. The van der Waals surface area contributed by atoms with Gasteiger partial charge in [-0.25, -0.2) is 4.98 Å². The van der Waals surface area contributed by atoms with E-state index in [2.05, 4.69) is 46.5 Å². The highest BCUT2D eigenvalue weighted by Gasteiger charge is 2.23. The van der Waals surface area contributed by atoms with Crippen molar-refractivity contribution in [3.63, 3.8) is 0 Å². The zero-order valence-electron chi connectivity index (χ0n) is 20.3. The Bertz CT molecular complexity index is 866. The molecule has 1 saturated heterocycles. The van der Waals surface area contributed by atoms with Crippen molar-refractivity contribution in [1.82, 2.24) is 19.9 Å². The predicted octanol–water partition coefficient (Wildman–Crippen LogP) is 4.70. The number of pyridine rings is 1. The highest BCUT2D eigenvalue weighted by Crippen LogP contribution is 2.29. The minimum Gasteiger partial charge on any atom is -0.393 e. The normalized spacial score (nSPS) is 23.5. The van der Waals surface area contributed by atoms with E-state index in [4.69, 9.17) is 9.97 Å². The monoisotopic (exact) mass is 452 g/mol. The van der Waals surface area contributed by atoms with Crippen molar-refractivity contribution in [2.45, 2.75) is 83.9 Å². The van der Waals surface area contributed by atoms with Crippen molar-refractivity contribution < 1.29 is 5.11 Å². The lowest BCUT2D eigenvalue weighted by Gasteiger charge is -2.27. The number of aliphatic hydroxyl groups excluding tert-OH is 1. The predicted molar refractivity (Wildman–Crippen MR) is 134 cm³/mol. The third-order valence-electron chi connectivity index (χ3n) is 7.09. The summed E-state index contributed by atoms with van der Waals surface area (Å²) in [5, 5.41) is 16.8. The Labute approximate surface area is 198 Å². The molecule has 2 aromatic heterocycles. The number of unbranched alkanes of at least 4 members (excludes halogenated alkanes) is 1. The number of nitrogens with zero attached hydrogens (tertiary/aromatic N) is 4. The number of aliphatic hydroxyl groups is 1. The molecule has 7 nitrogen and oxygen atoms in total. The molecule has 2 aliphatic rings. The summed E-state index contributed by atoms with van der Waals surface area (Å²) >= 11 is 0. The summed E-state index contributed by atoms with van der Waals surface area (Å²) < 4.78 is 0. The molecule has 0 aromatic carbocycles. The Morgan fingerprint density at radius 3 is 2.61 bits per heavy atom. The van der Waals surface area contributed by atoms with E-state index in [1.165, 1.54) is 31.5 Å². The molecule has 3 N–H and O–H groups in total. The van der Waals surface area contributed by atoms with Gasteiger partial charge in [0.25, 0.3) is 0 Å². The maximum Gasteiger partial charge on any atom is 0.224 e. The molecular weight excluding hydrogens is 412 g/mol. The first-order valence-corrected chi connectivity index (χ1v) is 12.9. The van der Waals surface area contributed by atoms with Crippen LogP contribution in [0.4, 0.5) is 11.8 Å². The Morgan fingerprint density at radius 1 is 1.06 bits per heavy atom. The van der Waals surface area contributed by atoms with E-state index in [0.717, 1.165) is 74.6 Å². The molecule has 0 amide bonds. The third kappa shape index (κ3) is 6.64. The average Bonchev–Trinajstić information content (AvgIpc) is 3.29. The van der Waals surface area contributed by atoms with Crippen LogP contribution in [0.5, 0.6) is 0 Å². The minimum atomic E-state index is -0.170. The molecule has 2 aromatic rings. The van der Waals surface area contributed by atoms with Gasteiger partial charge in [-0.2, -0.15) is 4.98 Å². The molecule has 2 fully saturated rings. The van der Waals surface area contributed by atoms with Gasteiger partial charge in [0.05, 0.1) is 17.4 Å². The number of anilines is 2. The van der Waals surface area contributed by atoms with E-state index < -0.39 is 0 Å². The fourth-order valence-electron chi connectivity index (χ4n) is 4.88. The van der Waals surface area contributed by atoms with Crippen molar-refractivity contribution in [2.75, 3.05) is 30.3 Å². The number of rotatable bonds is 10. The third-order valence-corrected chi connectivity index (χ3v) is 7.09. The van der Waals surface area contributed by atoms with Crippen LogP contribution in [0.2, 0.25) is 0 Å². The molecular formula is C26H40N6O. The lowest BCUT2D eigenvalue weighted by Crippen LogP contribution is -2.29. The number of hydrogen-bond acceptors (Lipinski definition) is 7. The van der Waals surface area contributed by atoms with E-state index >= 15 is 0 Å². The van der Waals surface area contributed by atoms with E-state index in [-0.39, 0.29) is 6.10 Å². The summed E-state index contributed by atoms with van der Waals surface area (Å²) in [5.74, 6) is 2.33. The molecule has 7 heteroatoms. The quantitative estimate of drug-likeness (QED) is 0.451. The molecule has 4 rings (SSSR count). The van der Waals surface area contributed by atoms with Crippen LogP contribution in [0.15, 0.2) is 24.5 Å². The smallest absolute Gasteiger partial charge is 0.224 e. The summed E-state index contributed by atoms with van der Waals surface area (Å²) in [7, 11) is 0. The Hall–Kier alpha value is -2.25. The highest BCUT2D eigenvalue weighted by molar-refractivity contribution is 5.73. The zero-order chi connectivity index (χ0) is 23.0. The zero-order valence-corrected chi connectivity index (χ0v) is 20.3. The van der Waals surface area contributed by atoms with Crippen LogP contribution in [-0.4, -0.2) is 56.7 Å². The summed E-state index contributed by atoms with van der Waals surface area (Å²) in [5.41, 5.74) is 3.08. The molecule has 180 valence electrons. The fourth-order valence-corrected chi connectivity index (χ4v) is 4.88. The lowest BCUT2D eigenvalue weighted by molar-refractivity contribution is 0.126. The average molecular weight is 453 g/mol. The molecule has 0 unspecified atom stereocenters. The van der Waals surface area contributed by atoms with Gasteiger partial charge in [0, 0.05) is 38.1 Å². The van der Waals surface area contributed by atoms with Crippen molar-refractivity contribution in [2.24, 2.45) is 5.92 Å². The molecule has 1 aliphatic heterocycles. The maximum atomic E-state index is 9.87. The highest BCUT2D eigenvalue weighted by atomic mass is 16.3. The minimum absolute atomic E-state index is 0.170. The number of hydrogen-bond donors (Lipinski definition) is 3. The topological polar surface area (TPSA) is 86.2 Å². The lowest BCUT2D eigenvalue weighted by atomic mass is 9.93. The van der Waals surface area contributed by atoms with E-state index in [1.54, 1.807) is 0 Å². The van der Waals surface area contributed by atoms with Gasteiger partial charge in [-0.15, -0.1) is 0 Å². The molecule has 1 saturated carbocycles. The van der Waals surface area contributed by atoms with Crippen molar-refractivity contribution in [1.29, 1.82) is 0 Å². The van der Waals surface area contributed by atoms with E-state index in [1.807, 2.05) is 12.4 Å². The number of likely N-dealkylation sites (tertiary alicyclic amines) is 1. The Kier molecular flexibility index (Phi) is 8.51. The van der Waals surface area contributed by atoms with Crippen molar-refractivity contribution in [3.05, 3.63) is 30.1 Å². The van der Waals surface area contributed by atoms with Crippen LogP contribution < -0.4 is 10.6 Å². The van der Waals surface area contributed by atoms with Crippen molar-refractivity contribution in [3.8, 4) is 11.3 Å². The second-order valence-electron chi connectivity index (χ2n) is 9.74. The second-order valence-corrected chi connectivity index (χ2v) is 9.74. The first kappa shape index (κ1) is 23.9. The molecule has 0 radical (unpaired) electrons. The van der Waals surface area contributed by atoms with Gasteiger partial charge in [-0.05, 0) is 62.6 Å². The fraction of sp³-hybridized carbons (Fsp3) is 0.654. The summed E-state index contributed by atoms with van der Waals surface area (Å²) in [6, 6.07) is 4.60. The van der Waals surface area contributed by atoms with Crippen LogP contribution in [0.3, 0.4) is 0 Å². The first-order chi connectivity index (χ1) is 16.1. The Balaban J connectivity index is 1.48. The second kappa shape index (κ2) is 11.7. The molecule has 0 spiro atoms. The largest absolute Gasteiger partial charge is 0.393 e. The van der Waals surface area contributed by atoms with Gasteiger partial charge in [-0.1, -0.05) is 32.8 Å². The standard InChI is InChI=1S/C26H40N6O/c1-3-5-13-27-26-29-16-23(25(31-26)30-21-7-9-22(33)10-8-21)24-11-6-20(15-28-24)18-32-14-12-19(4-2)17-32/h6,11,15-16,19,21-22,33H,3-5,7-10,12-14,17-18H2,1-2H3,(H2,27,29,30,31)/t19-,21?,22?/m1/s1. The summed E-state index contributed by atoms with van der Waals surface area (Å²) in [6.45, 7) is 8.69. The summed E-state index contributed by atoms with van der Waals surface area (Å²) in [4.78, 5) is 16.7. The van der Waals surface area contributed by atoms with Crippen LogP contribution in [0.25, 0.3) is 11.3 Å². The van der Waals surface area contributed by atoms with Crippen LogP contribution >= 0.6 is 0 Å². The van der Waals surface area contributed by atoms with Crippen LogP contribution in [0.1, 0.15) is 70.8 Å². The van der Waals surface area contributed by atoms with Crippen LogP contribution in [-0.2, 0) is 6.54 Å². The number of aromatic nitrogens is 3. The first-order valence-electron chi connectivity index (χ1n) is 12.9. The van der Waals surface area contributed by atoms with Crippen molar-refractivity contribution >= 4 is 11.8 Å². The Morgan fingerprint density at radius 2 is 1.91 bits per heavy atom. The van der Waals surface area contributed by atoms with Gasteiger partial charge in [0.1, 0.15) is 5.82 Å². The molecule has 0 bridgehead atoms. The summed E-state index contributed by atoms with van der Waals surface area (Å²) in [6.07, 6.45) is 12.1. The molecule has 33 heavy (non-hydrogen) atoms. The van der Waals surface area contributed by atoms with Gasteiger partial charge < -0.3 is 15.7 Å². The maximum absolute atomic E-state index is 9.87. The van der Waals surface area contributed by atoms with Gasteiger partial charge >= 0.3 is 0 Å². The van der Waals surface area contributed by atoms with Gasteiger partial charge in [-0.3, -0.25) is 9.88 Å². The SMILES string of the molecule is CCCCNc1ncc(-c2ccc(CN3CC[C@@H](CC)C3)cn2)c(NC2CCC(O)CC2)n1. The molecule has 1 atom stereocenters. The number of nitrogens with one attached hydrogen (secondary N) is 2.